The van der Waals surface area contributed by atoms with Crippen LogP contribution in [0.2, 0.25) is 0 Å². The van der Waals surface area contributed by atoms with E-state index in [1.807, 2.05) is 30.5 Å². The molecule has 2 heterocycles. The maximum atomic E-state index is 11.9. The van der Waals surface area contributed by atoms with E-state index in [0.29, 0.717) is 18.0 Å². The molecular formula is C16H18N4O3. The van der Waals surface area contributed by atoms with Crippen molar-refractivity contribution in [1.29, 1.82) is 0 Å². The average molecular weight is 314 g/mol. The van der Waals surface area contributed by atoms with Crippen LogP contribution in [-0.4, -0.2) is 41.0 Å². The molecule has 0 atom stereocenters. The molecule has 0 aliphatic rings. The smallest absolute Gasteiger partial charge is 0.262 e. The Labute approximate surface area is 133 Å². The molecule has 23 heavy (non-hydrogen) atoms. The Balaban J connectivity index is 1.68. The average Bonchev–Trinajstić information content (AvgIpc) is 3.20. The summed E-state index contributed by atoms with van der Waals surface area (Å²) in [6.07, 6.45) is 5.13. The summed E-state index contributed by atoms with van der Waals surface area (Å²) in [7, 11) is 1.68. The van der Waals surface area contributed by atoms with Gasteiger partial charge in [-0.15, -0.1) is 0 Å². The highest BCUT2D eigenvalue weighted by Gasteiger charge is 2.09. The zero-order valence-electron chi connectivity index (χ0n) is 12.8. The van der Waals surface area contributed by atoms with Gasteiger partial charge in [-0.25, -0.2) is 0 Å². The summed E-state index contributed by atoms with van der Waals surface area (Å²) in [5.74, 6) is 0.447. The van der Waals surface area contributed by atoms with Crippen LogP contribution < -0.4 is 10.1 Å². The van der Waals surface area contributed by atoms with Crippen molar-refractivity contribution in [3.8, 4) is 5.75 Å². The van der Waals surface area contributed by atoms with Gasteiger partial charge in [0.25, 0.3) is 5.91 Å². The number of benzene rings is 1. The number of anilines is 1. The Morgan fingerprint density at radius 3 is 3.09 bits per heavy atom. The van der Waals surface area contributed by atoms with Crippen molar-refractivity contribution in [1.82, 2.24) is 14.8 Å². The third-order valence-electron chi connectivity index (χ3n) is 3.45. The second-order valence-electron chi connectivity index (χ2n) is 5.01. The summed E-state index contributed by atoms with van der Waals surface area (Å²) in [5, 5.41) is 10.1. The Bertz CT molecular complexity index is 780. The molecule has 7 heteroatoms. The van der Waals surface area contributed by atoms with Crippen LogP contribution >= 0.6 is 0 Å². The van der Waals surface area contributed by atoms with Crippen LogP contribution in [0.4, 0.5) is 5.69 Å². The first-order chi connectivity index (χ1) is 11.3. The highest BCUT2D eigenvalue weighted by molar-refractivity contribution is 5.92. The Kier molecular flexibility index (Phi) is 4.58. The molecular weight excluding hydrogens is 296 g/mol. The van der Waals surface area contributed by atoms with E-state index in [1.165, 1.54) is 6.20 Å². The molecule has 0 radical (unpaired) electrons. The van der Waals surface area contributed by atoms with Gasteiger partial charge in [-0.1, -0.05) is 6.07 Å². The van der Waals surface area contributed by atoms with Gasteiger partial charge in [-0.2, -0.15) is 5.10 Å². The van der Waals surface area contributed by atoms with Crippen LogP contribution in [0.15, 0.2) is 42.9 Å². The number of rotatable bonds is 7. The minimum Gasteiger partial charge on any atom is -0.483 e. The first-order valence-corrected chi connectivity index (χ1v) is 7.26. The molecule has 3 aromatic rings. The number of fused-ring (bicyclic) bond motifs is 1. The normalized spacial score (nSPS) is 10.8. The van der Waals surface area contributed by atoms with E-state index >= 15 is 0 Å². The lowest BCUT2D eigenvalue weighted by Crippen LogP contribution is -2.19. The molecule has 0 aliphatic heterocycles. The zero-order chi connectivity index (χ0) is 16.1. The minimum absolute atomic E-state index is 0.0620. The lowest BCUT2D eigenvalue weighted by molar-refractivity contribution is -0.118. The highest BCUT2D eigenvalue weighted by atomic mass is 16.5. The molecule has 7 nitrogen and oxygen atoms in total. The molecule has 0 aliphatic carbocycles. The molecule has 2 aromatic heterocycles. The number of nitrogens with zero attached hydrogens (tertiary/aromatic N) is 2. The van der Waals surface area contributed by atoms with Gasteiger partial charge in [0.2, 0.25) is 0 Å². The SMILES string of the molecule is COCCn1ccc2c(OCC(=O)Nc3cn[nH]c3)cccc21. The molecule has 0 saturated heterocycles. The van der Waals surface area contributed by atoms with Crippen molar-refractivity contribution in [2.45, 2.75) is 6.54 Å². The van der Waals surface area contributed by atoms with Gasteiger partial charge in [0.05, 0.1) is 24.0 Å². The van der Waals surface area contributed by atoms with E-state index < -0.39 is 0 Å². The van der Waals surface area contributed by atoms with Crippen LogP contribution in [-0.2, 0) is 16.1 Å². The Morgan fingerprint density at radius 1 is 1.39 bits per heavy atom. The van der Waals surface area contributed by atoms with Gasteiger partial charge in [-0.05, 0) is 18.2 Å². The third-order valence-corrected chi connectivity index (χ3v) is 3.45. The standard InChI is InChI=1S/C16H18N4O3/c1-22-8-7-20-6-5-13-14(20)3-2-4-15(13)23-11-16(21)19-12-9-17-18-10-12/h2-6,9-10H,7-8,11H2,1H3,(H,17,18)(H,19,21). The number of H-pyrrole nitrogens is 1. The van der Waals surface area contributed by atoms with Crippen LogP contribution in [0.25, 0.3) is 10.9 Å². The van der Waals surface area contributed by atoms with Crippen LogP contribution in [0.1, 0.15) is 0 Å². The molecule has 0 fully saturated rings. The van der Waals surface area contributed by atoms with Crippen LogP contribution in [0.5, 0.6) is 5.75 Å². The fourth-order valence-electron chi connectivity index (χ4n) is 2.37. The molecule has 2 N–H and O–H groups in total. The van der Waals surface area contributed by atoms with Gasteiger partial charge >= 0.3 is 0 Å². The number of methoxy groups -OCH3 is 1. The third kappa shape index (κ3) is 3.51. The lowest BCUT2D eigenvalue weighted by Gasteiger charge is -2.09. The van der Waals surface area contributed by atoms with Crippen molar-refractivity contribution in [3.63, 3.8) is 0 Å². The number of aromatic amines is 1. The lowest BCUT2D eigenvalue weighted by atomic mass is 10.2. The maximum Gasteiger partial charge on any atom is 0.262 e. The maximum absolute atomic E-state index is 11.9. The second-order valence-corrected chi connectivity index (χ2v) is 5.01. The van der Waals surface area contributed by atoms with Gasteiger partial charge in [-0.3, -0.25) is 9.89 Å². The number of amides is 1. The van der Waals surface area contributed by atoms with Crippen molar-refractivity contribution >= 4 is 22.5 Å². The summed E-state index contributed by atoms with van der Waals surface area (Å²) >= 11 is 0. The summed E-state index contributed by atoms with van der Waals surface area (Å²) in [6.45, 7) is 1.35. The van der Waals surface area contributed by atoms with Crippen LogP contribution in [0, 0.1) is 0 Å². The second kappa shape index (κ2) is 6.97. The number of ether oxygens (including phenoxy) is 2. The molecule has 1 aromatic carbocycles. The fourth-order valence-corrected chi connectivity index (χ4v) is 2.37. The summed E-state index contributed by atoms with van der Waals surface area (Å²) in [4.78, 5) is 11.9. The van der Waals surface area contributed by atoms with Crippen molar-refractivity contribution in [2.75, 3.05) is 25.6 Å². The zero-order valence-corrected chi connectivity index (χ0v) is 12.8. The van der Waals surface area contributed by atoms with E-state index in [9.17, 15) is 4.79 Å². The van der Waals surface area contributed by atoms with E-state index in [1.54, 1.807) is 13.3 Å². The molecule has 3 rings (SSSR count). The van der Waals surface area contributed by atoms with E-state index in [4.69, 9.17) is 9.47 Å². The Hall–Kier alpha value is -2.80. The number of nitrogens with one attached hydrogen (secondary N) is 2. The summed E-state index contributed by atoms with van der Waals surface area (Å²) in [6, 6.07) is 7.76. The van der Waals surface area contributed by atoms with Gasteiger partial charge in [0.15, 0.2) is 6.61 Å². The molecule has 0 unspecified atom stereocenters. The van der Waals surface area contributed by atoms with Gasteiger partial charge in [0.1, 0.15) is 5.75 Å². The van der Waals surface area contributed by atoms with Crippen LogP contribution in [0.3, 0.4) is 0 Å². The van der Waals surface area contributed by atoms with Crippen molar-refractivity contribution in [2.24, 2.45) is 0 Å². The van der Waals surface area contributed by atoms with E-state index in [-0.39, 0.29) is 12.5 Å². The predicted molar refractivity (Wildman–Crippen MR) is 86.5 cm³/mol. The Morgan fingerprint density at radius 2 is 2.30 bits per heavy atom. The predicted octanol–water partition coefficient (Wildman–Crippen LogP) is 2.03. The molecule has 0 spiro atoms. The highest BCUT2D eigenvalue weighted by Crippen LogP contribution is 2.26. The molecule has 0 saturated carbocycles. The number of hydrogen-bond donors (Lipinski definition) is 2. The topological polar surface area (TPSA) is 81.2 Å². The summed E-state index contributed by atoms with van der Waals surface area (Å²) in [5.41, 5.74) is 1.66. The monoisotopic (exact) mass is 314 g/mol. The van der Waals surface area contributed by atoms with E-state index in [0.717, 1.165) is 17.4 Å². The number of carbonyl (C=O) groups is 1. The first-order valence-electron chi connectivity index (χ1n) is 7.26. The summed E-state index contributed by atoms with van der Waals surface area (Å²) < 4.78 is 12.9. The number of carbonyl (C=O) groups excluding carboxylic acids is 1. The molecule has 0 bridgehead atoms. The first kappa shape index (κ1) is 15.1. The minimum atomic E-state index is -0.234. The van der Waals surface area contributed by atoms with Gasteiger partial charge < -0.3 is 19.4 Å². The molecule has 1 amide bonds. The van der Waals surface area contributed by atoms with Crippen molar-refractivity contribution in [3.05, 3.63) is 42.9 Å². The largest absolute Gasteiger partial charge is 0.483 e. The number of aromatic nitrogens is 3. The molecule has 120 valence electrons. The van der Waals surface area contributed by atoms with Crippen molar-refractivity contribution < 1.29 is 14.3 Å². The van der Waals surface area contributed by atoms with Gasteiger partial charge in [0, 0.05) is 31.4 Å². The quantitative estimate of drug-likeness (QED) is 0.699. The fraction of sp³-hybridized carbons (Fsp3) is 0.250. The number of hydrogen-bond acceptors (Lipinski definition) is 4. The van der Waals surface area contributed by atoms with E-state index in [2.05, 4.69) is 20.1 Å².